The van der Waals surface area contributed by atoms with Gasteiger partial charge in [-0.25, -0.2) is 4.98 Å². The first-order valence-electron chi connectivity index (χ1n) is 3.69. The first kappa shape index (κ1) is 9.48. The molecule has 0 saturated carbocycles. The number of aryl methyl sites for hydroxylation is 1. The number of halogens is 1. The van der Waals surface area contributed by atoms with Gasteiger partial charge in [-0.05, 0) is 34.5 Å². The van der Waals surface area contributed by atoms with Crippen molar-refractivity contribution >= 4 is 15.9 Å². The minimum Gasteiger partial charge on any atom is -0.476 e. The van der Waals surface area contributed by atoms with Gasteiger partial charge in [0.25, 0.3) is 0 Å². The van der Waals surface area contributed by atoms with Crippen LogP contribution in [0.1, 0.15) is 5.56 Å². The van der Waals surface area contributed by atoms with Gasteiger partial charge in [-0.3, -0.25) is 0 Å². The second-order valence-electron chi connectivity index (χ2n) is 2.44. The van der Waals surface area contributed by atoms with Crippen molar-refractivity contribution in [3.8, 4) is 5.88 Å². The Bertz CT molecular complexity index is 265. The predicted molar refractivity (Wildman–Crippen MR) is 51.2 cm³/mol. The lowest BCUT2D eigenvalue weighted by atomic mass is 10.3. The molecule has 0 aromatic carbocycles. The molecule has 1 rings (SSSR count). The summed E-state index contributed by atoms with van der Waals surface area (Å²) in [5, 5.41) is 0. The molecule has 0 unspecified atom stereocenters. The van der Waals surface area contributed by atoms with Crippen molar-refractivity contribution in [1.82, 2.24) is 4.98 Å². The van der Waals surface area contributed by atoms with Crippen LogP contribution in [-0.2, 0) is 0 Å². The van der Waals surface area contributed by atoms with E-state index in [1.807, 2.05) is 13.0 Å². The van der Waals surface area contributed by atoms with E-state index >= 15 is 0 Å². The van der Waals surface area contributed by atoms with E-state index in [1.165, 1.54) is 0 Å². The minimum absolute atomic E-state index is 0.495. The maximum atomic E-state index is 5.29. The molecule has 1 aromatic rings. The second-order valence-corrected chi connectivity index (χ2v) is 3.29. The number of ether oxygens (including phenoxy) is 1. The van der Waals surface area contributed by atoms with Gasteiger partial charge in [-0.2, -0.15) is 0 Å². The molecule has 3 nitrogen and oxygen atoms in total. The fourth-order valence-corrected chi connectivity index (χ4v) is 1.36. The van der Waals surface area contributed by atoms with Crippen molar-refractivity contribution in [1.29, 1.82) is 0 Å². The van der Waals surface area contributed by atoms with E-state index in [1.54, 1.807) is 6.20 Å². The highest BCUT2D eigenvalue weighted by atomic mass is 79.9. The van der Waals surface area contributed by atoms with E-state index < -0.39 is 0 Å². The summed E-state index contributed by atoms with van der Waals surface area (Å²) in [6.45, 7) is 2.97. The number of hydrogen-bond acceptors (Lipinski definition) is 3. The standard InChI is InChI=1S/C8H11BrN2O/c1-6-4-7(9)8(11-5-6)12-3-2-10/h4-5H,2-3,10H2,1H3. The molecule has 12 heavy (non-hydrogen) atoms. The molecule has 0 aliphatic carbocycles. The first-order valence-corrected chi connectivity index (χ1v) is 4.48. The van der Waals surface area contributed by atoms with Crippen molar-refractivity contribution in [2.24, 2.45) is 5.73 Å². The zero-order chi connectivity index (χ0) is 8.97. The molecule has 0 fully saturated rings. The Morgan fingerprint density at radius 2 is 2.42 bits per heavy atom. The summed E-state index contributed by atoms with van der Waals surface area (Å²) >= 11 is 3.35. The Kier molecular flexibility index (Phi) is 3.49. The van der Waals surface area contributed by atoms with E-state index in [2.05, 4.69) is 20.9 Å². The monoisotopic (exact) mass is 230 g/mol. The highest BCUT2D eigenvalue weighted by Crippen LogP contribution is 2.22. The maximum Gasteiger partial charge on any atom is 0.227 e. The van der Waals surface area contributed by atoms with Crippen molar-refractivity contribution < 1.29 is 4.74 Å². The lowest BCUT2D eigenvalue weighted by molar-refractivity contribution is 0.313. The van der Waals surface area contributed by atoms with E-state index in [9.17, 15) is 0 Å². The summed E-state index contributed by atoms with van der Waals surface area (Å²) < 4.78 is 6.13. The number of rotatable bonds is 3. The van der Waals surface area contributed by atoms with Crippen molar-refractivity contribution in [2.75, 3.05) is 13.2 Å². The molecule has 0 spiro atoms. The Morgan fingerprint density at radius 1 is 1.67 bits per heavy atom. The average molecular weight is 231 g/mol. The largest absolute Gasteiger partial charge is 0.476 e. The van der Waals surface area contributed by atoms with Gasteiger partial charge in [0.1, 0.15) is 6.61 Å². The van der Waals surface area contributed by atoms with Crippen LogP contribution in [0.15, 0.2) is 16.7 Å². The molecule has 0 radical (unpaired) electrons. The Morgan fingerprint density at radius 3 is 3.00 bits per heavy atom. The summed E-state index contributed by atoms with van der Waals surface area (Å²) in [6, 6.07) is 1.96. The summed E-state index contributed by atoms with van der Waals surface area (Å²) in [6.07, 6.45) is 1.76. The fourth-order valence-electron chi connectivity index (χ4n) is 0.783. The third kappa shape index (κ3) is 2.46. The molecule has 0 saturated heterocycles. The van der Waals surface area contributed by atoms with Gasteiger partial charge >= 0.3 is 0 Å². The van der Waals surface area contributed by atoms with Crippen LogP contribution in [0.5, 0.6) is 5.88 Å². The summed E-state index contributed by atoms with van der Waals surface area (Å²) in [5.74, 6) is 0.603. The lowest BCUT2D eigenvalue weighted by Gasteiger charge is -2.05. The van der Waals surface area contributed by atoms with Crippen molar-refractivity contribution in [2.45, 2.75) is 6.92 Å². The Balaban J connectivity index is 2.72. The SMILES string of the molecule is Cc1cnc(OCCN)c(Br)c1. The van der Waals surface area contributed by atoms with Gasteiger partial charge in [0.05, 0.1) is 4.47 Å². The topological polar surface area (TPSA) is 48.1 Å². The summed E-state index contributed by atoms with van der Waals surface area (Å²) in [5.41, 5.74) is 6.39. The minimum atomic E-state index is 0.495. The summed E-state index contributed by atoms with van der Waals surface area (Å²) in [7, 11) is 0. The van der Waals surface area contributed by atoms with Crippen LogP contribution < -0.4 is 10.5 Å². The Hall–Kier alpha value is -0.610. The van der Waals surface area contributed by atoms with Gasteiger partial charge in [0, 0.05) is 12.7 Å². The highest BCUT2D eigenvalue weighted by Gasteiger charge is 2.01. The maximum absolute atomic E-state index is 5.29. The van der Waals surface area contributed by atoms with Gasteiger partial charge < -0.3 is 10.5 Å². The number of pyridine rings is 1. The number of nitrogens with zero attached hydrogens (tertiary/aromatic N) is 1. The van der Waals surface area contributed by atoms with Crippen molar-refractivity contribution in [3.05, 3.63) is 22.3 Å². The van der Waals surface area contributed by atoms with Crippen LogP contribution in [0.4, 0.5) is 0 Å². The molecule has 2 N–H and O–H groups in total. The molecule has 1 heterocycles. The number of nitrogens with two attached hydrogens (primary N) is 1. The molecular formula is C8H11BrN2O. The van der Waals surface area contributed by atoms with E-state index in [0.29, 0.717) is 19.0 Å². The Labute approximate surface area is 80.1 Å². The van der Waals surface area contributed by atoms with Gasteiger partial charge in [0.2, 0.25) is 5.88 Å². The highest BCUT2D eigenvalue weighted by molar-refractivity contribution is 9.10. The fraction of sp³-hybridized carbons (Fsp3) is 0.375. The van der Waals surface area contributed by atoms with Crippen LogP contribution in [0.2, 0.25) is 0 Å². The van der Waals surface area contributed by atoms with Crippen LogP contribution in [-0.4, -0.2) is 18.1 Å². The van der Waals surface area contributed by atoms with E-state index in [4.69, 9.17) is 10.5 Å². The number of aromatic nitrogens is 1. The first-order chi connectivity index (χ1) is 5.74. The normalized spacial score (nSPS) is 9.92. The number of hydrogen-bond donors (Lipinski definition) is 1. The van der Waals surface area contributed by atoms with Crippen LogP contribution in [0.3, 0.4) is 0 Å². The molecule has 0 amide bonds. The quantitative estimate of drug-likeness (QED) is 0.857. The molecule has 66 valence electrons. The predicted octanol–water partition coefficient (Wildman–Crippen LogP) is 1.49. The average Bonchev–Trinajstić information content (AvgIpc) is 2.03. The van der Waals surface area contributed by atoms with Gasteiger partial charge in [0.15, 0.2) is 0 Å². The zero-order valence-corrected chi connectivity index (χ0v) is 8.47. The zero-order valence-electron chi connectivity index (χ0n) is 6.88. The molecule has 0 bridgehead atoms. The summed E-state index contributed by atoms with van der Waals surface area (Å²) in [4.78, 5) is 4.09. The molecule has 0 aliphatic rings. The lowest BCUT2D eigenvalue weighted by Crippen LogP contribution is -2.11. The van der Waals surface area contributed by atoms with E-state index in [-0.39, 0.29) is 0 Å². The molecule has 1 aromatic heterocycles. The van der Waals surface area contributed by atoms with Crippen LogP contribution in [0.25, 0.3) is 0 Å². The second kappa shape index (κ2) is 4.42. The molecule has 4 heteroatoms. The third-order valence-corrected chi connectivity index (χ3v) is 1.87. The van der Waals surface area contributed by atoms with Gasteiger partial charge in [-0.15, -0.1) is 0 Å². The van der Waals surface area contributed by atoms with Crippen LogP contribution in [0, 0.1) is 6.92 Å². The van der Waals surface area contributed by atoms with E-state index in [0.717, 1.165) is 10.0 Å². The molecule has 0 atom stereocenters. The van der Waals surface area contributed by atoms with Gasteiger partial charge in [-0.1, -0.05) is 0 Å². The molecular weight excluding hydrogens is 220 g/mol. The van der Waals surface area contributed by atoms with Crippen LogP contribution >= 0.6 is 15.9 Å². The molecule has 0 aliphatic heterocycles. The smallest absolute Gasteiger partial charge is 0.227 e. The van der Waals surface area contributed by atoms with Crippen molar-refractivity contribution in [3.63, 3.8) is 0 Å². The third-order valence-electron chi connectivity index (χ3n) is 1.30.